The molecule has 0 aliphatic carbocycles. The summed E-state index contributed by atoms with van der Waals surface area (Å²) in [7, 11) is 0. The molecule has 0 spiro atoms. The molecule has 7 heteroatoms. The maximum Gasteiger partial charge on any atom is 0.232 e. The summed E-state index contributed by atoms with van der Waals surface area (Å²) in [6, 6.07) is 15.3. The minimum Gasteiger partial charge on any atom is -0.508 e. The van der Waals surface area contributed by atoms with E-state index in [2.05, 4.69) is 32.1 Å². The molecule has 1 aromatic heterocycles. The second kappa shape index (κ2) is 7.20. The molecule has 4 N–H and O–H groups in total. The van der Waals surface area contributed by atoms with Gasteiger partial charge in [0.2, 0.25) is 11.9 Å². The summed E-state index contributed by atoms with van der Waals surface area (Å²) in [4.78, 5) is 15.4. The first-order valence-corrected chi connectivity index (χ1v) is 8.97. The van der Waals surface area contributed by atoms with E-state index in [-0.39, 0.29) is 12.0 Å². The lowest BCUT2D eigenvalue weighted by molar-refractivity contribution is 0.185. The van der Waals surface area contributed by atoms with Crippen LogP contribution >= 0.6 is 0 Å². The van der Waals surface area contributed by atoms with Crippen molar-refractivity contribution in [3.05, 3.63) is 65.5 Å². The van der Waals surface area contributed by atoms with Gasteiger partial charge < -0.3 is 16.2 Å². The van der Waals surface area contributed by atoms with Crippen molar-refractivity contribution < 1.29 is 5.11 Å². The van der Waals surface area contributed by atoms with Gasteiger partial charge in [-0.3, -0.25) is 4.90 Å². The zero-order valence-corrected chi connectivity index (χ0v) is 15.1. The summed E-state index contributed by atoms with van der Waals surface area (Å²) < 4.78 is 0. The zero-order chi connectivity index (χ0) is 18.8. The number of para-hydroxylation sites is 1. The quantitative estimate of drug-likeness (QED) is 0.656. The highest BCUT2D eigenvalue weighted by atomic mass is 16.3. The average Bonchev–Trinajstić information content (AvgIpc) is 2.67. The number of aromatic hydroxyl groups is 1. The van der Waals surface area contributed by atoms with Crippen molar-refractivity contribution in [2.24, 2.45) is 0 Å². The molecule has 0 bridgehead atoms. The van der Waals surface area contributed by atoms with Gasteiger partial charge in [-0.15, -0.1) is 0 Å². The Labute approximate surface area is 157 Å². The number of nitrogens with two attached hydrogens (primary N) is 1. The summed E-state index contributed by atoms with van der Waals surface area (Å²) in [6.45, 7) is 3.69. The number of benzene rings is 2. The van der Waals surface area contributed by atoms with Crippen molar-refractivity contribution in [1.29, 1.82) is 0 Å². The molecule has 1 atom stereocenters. The monoisotopic (exact) mass is 362 g/mol. The maximum absolute atomic E-state index is 9.77. The molecule has 0 saturated carbocycles. The Kier molecular flexibility index (Phi) is 4.60. The first-order valence-electron chi connectivity index (χ1n) is 8.97. The van der Waals surface area contributed by atoms with Crippen LogP contribution in [0.2, 0.25) is 0 Å². The standard InChI is InChI=1S/C20H22N6O/c1-13(26-10-9-14-7-8-17(27)11-15(14)12-26)18-23-19(21)25-20(24-18)22-16-5-3-2-4-6-16/h2-8,11,13,27H,9-10,12H2,1H3,(H3,21,22,23,24,25)/t13-/m1/s1. The molecule has 0 amide bonds. The molecule has 0 fully saturated rings. The van der Waals surface area contributed by atoms with Crippen LogP contribution in [-0.4, -0.2) is 31.5 Å². The third-order valence-corrected chi connectivity index (χ3v) is 4.85. The van der Waals surface area contributed by atoms with Crippen molar-refractivity contribution in [1.82, 2.24) is 19.9 Å². The average molecular weight is 362 g/mol. The Morgan fingerprint density at radius 3 is 2.70 bits per heavy atom. The van der Waals surface area contributed by atoms with E-state index in [0.29, 0.717) is 17.5 Å². The van der Waals surface area contributed by atoms with Crippen molar-refractivity contribution in [2.45, 2.75) is 25.9 Å². The fourth-order valence-corrected chi connectivity index (χ4v) is 3.36. The van der Waals surface area contributed by atoms with Crippen LogP contribution in [-0.2, 0) is 13.0 Å². The van der Waals surface area contributed by atoms with Crippen LogP contribution < -0.4 is 11.1 Å². The van der Waals surface area contributed by atoms with E-state index in [9.17, 15) is 5.11 Å². The fraction of sp³-hybridized carbons (Fsp3) is 0.250. The second-order valence-corrected chi connectivity index (χ2v) is 6.72. The van der Waals surface area contributed by atoms with Crippen LogP contribution in [0, 0.1) is 0 Å². The number of phenolic OH excluding ortho intramolecular Hbond substituents is 1. The van der Waals surface area contributed by atoms with Gasteiger partial charge in [0.15, 0.2) is 5.82 Å². The van der Waals surface area contributed by atoms with Crippen LogP contribution in [0.4, 0.5) is 17.6 Å². The first kappa shape index (κ1) is 17.2. The molecule has 1 aliphatic heterocycles. The molecule has 7 nitrogen and oxygen atoms in total. The highest BCUT2D eigenvalue weighted by Crippen LogP contribution is 2.28. The highest BCUT2D eigenvalue weighted by Gasteiger charge is 2.24. The van der Waals surface area contributed by atoms with Crippen molar-refractivity contribution in [2.75, 3.05) is 17.6 Å². The van der Waals surface area contributed by atoms with Crippen LogP contribution in [0.25, 0.3) is 0 Å². The van der Waals surface area contributed by atoms with Gasteiger partial charge in [-0.05, 0) is 48.7 Å². The Morgan fingerprint density at radius 1 is 1.07 bits per heavy atom. The molecule has 3 aromatic rings. The number of rotatable bonds is 4. The molecule has 4 rings (SSSR count). The number of hydrogen-bond donors (Lipinski definition) is 3. The summed E-state index contributed by atoms with van der Waals surface area (Å²) in [5.41, 5.74) is 9.23. The molecular weight excluding hydrogens is 340 g/mol. The Bertz CT molecular complexity index is 946. The number of anilines is 3. The largest absolute Gasteiger partial charge is 0.508 e. The van der Waals surface area contributed by atoms with Gasteiger partial charge in [0.25, 0.3) is 0 Å². The summed E-state index contributed by atoms with van der Waals surface area (Å²) >= 11 is 0. The van der Waals surface area contributed by atoms with E-state index in [1.807, 2.05) is 42.5 Å². The lowest BCUT2D eigenvalue weighted by Crippen LogP contribution is -2.34. The van der Waals surface area contributed by atoms with Crippen molar-refractivity contribution in [3.8, 4) is 5.75 Å². The zero-order valence-electron chi connectivity index (χ0n) is 15.1. The number of nitrogens with zero attached hydrogens (tertiary/aromatic N) is 4. The third-order valence-electron chi connectivity index (χ3n) is 4.85. The van der Waals surface area contributed by atoms with Gasteiger partial charge in [-0.25, -0.2) is 0 Å². The van der Waals surface area contributed by atoms with Crippen LogP contribution in [0.1, 0.15) is 29.9 Å². The number of nitrogens with one attached hydrogen (secondary N) is 1. The van der Waals surface area contributed by atoms with Gasteiger partial charge in [0.05, 0.1) is 6.04 Å². The fourth-order valence-electron chi connectivity index (χ4n) is 3.36. The second-order valence-electron chi connectivity index (χ2n) is 6.72. The van der Waals surface area contributed by atoms with E-state index in [0.717, 1.165) is 30.8 Å². The van der Waals surface area contributed by atoms with Gasteiger partial charge in [0.1, 0.15) is 5.75 Å². The molecular formula is C20H22N6O. The lowest BCUT2D eigenvalue weighted by atomic mass is 9.98. The predicted octanol–water partition coefficient (Wildman–Crippen LogP) is 3.02. The Balaban J connectivity index is 1.56. The Morgan fingerprint density at radius 2 is 1.89 bits per heavy atom. The molecule has 138 valence electrons. The topological polar surface area (TPSA) is 100 Å². The minimum absolute atomic E-state index is 0.0258. The number of fused-ring (bicyclic) bond motifs is 1. The van der Waals surface area contributed by atoms with E-state index < -0.39 is 0 Å². The third kappa shape index (κ3) is 3.83. The van der Waals surface area contributed by atoms with E-state index in [1.54, 1.807) is 6.07 Å². The normalized spacial score (nSPS) is 15.1. The number of hydrogen-bond acceptors (Lipinski definition) is 7. The lowest BCUT2D eigenvalue weighted by Gasteiger charge is -2.33. The van der Waals surface area contributed by atoms with Gasteiger partial charge >= 0.3 is 0 Å². The molecule has 0 saturated heterocycles. The summed E-state index contributed by atoms with van der Waals surface area (Å²) in [6.07, 6.45) is 0.926. The number of aromatic nitrogens is 3. The van der Waals surface area contributed by atoms with Crippen molar-refractivity contribution in [3.63, 3.8) is 0 Å². The van der Waals surface area contributed by atoms with Gasteiger partial charge in [-0.2, -0.15) is 15.0 Å². The maximum atomic E-state index is 9.77. The molecule has 2 heterocycles. The molecule has 2 aromatic carbocycles. The van der Waals surface area contributed by atoms with E-state index in [1.165, 1.54) is 5.56 Å². The van der Waals surface area contributed by atoms with E-state index >= 15 is 0 Å². The van der Waals surface area contributed by atoms with Crippen molar-refractivity contribution >= 4 is 17.6 Å². The molecule has 1 aliphatic rings. The van der Waals surface area contributed by atoms with Gasteiger partial charge in [0, 0.05) is 18.8 Å². The summed E-state index contributed by atoms with van der Waals surface area (Å²) in [5, 5.41) is 12.9. The molecule has 0 radical (unpaired) electrons. The van der Waals surface area contributed by atoms with Crippen LogP contribution in [0.3, 0.4) is 0 Å². The highest BCUT2D eigenvalue weighted by molar-refractivity contribution is 5.53. The smallest absolute Gasteiger partial charge is 0.232 e. The first-order chi connectivity index (χ1) is 13.1. The van der Waals surface area contributed by atoms with Crippen LogP contribution in [0.15, 0.2) is 48.5 Å². The minimum atomic E-state index is -0.0258. The number of nitrogen functional groups attached to an aromatic ring is 1. The SMILES string of the molecule is C[C@H](c1nc(N)nc(Nc2ccccc2)n1)N1CCc2ccc(O)cc2C1. The van der Waals surface area contributed by atoms with Gasteiger partial charge in [-0.1, -0.05) is 24.3 Å². The molecule has 27 heavy (non-hydrogen) atoms. The predicted molar refractivity (Wildman–Crippen MR) is 105 cm³/mol. The molecule has 0 unspecified atom stereocenters. The summed E-state index contributed by atoms with van der Waals surface area (Å²) in [5.74, 6) is 1.55. The number of phenols is 1. The van der Waals surface area contributed by atoms with Crippen LogP contribution in [0.5, 0.6) is 5.75 Å². The van der Waals surface area contributed by atoms with E-state index in [4.69, 9.17) is 5.73 Å². The Hall–Kier alpha value is -3.19.